The van der Waals surface area contributed by atoms with E-state index in [1.807, 2.05) is 6.07 Å². The van der Waals surface area contributed by atoms with Gasteiger partial charge in [-0.15, -0.1) is 11.3 Å². The first-order valence-corrected chi connectivity index (χ1v) is 7.78. The Bertz CT molecular complexity index is 451. The van der Waals surface area contributed by atoms with Crippen molar-refractivity contribution >= 4 is 34.9 Å². The van der Waals surface area contributed by atoms with Crippen molar-refractivity contribution in [3.8, 4) is 0 Å². The second-order valence-corrected chi connectivity index (χ2v) is 6.06. The zero-order valence-corrected chi connectivity index (χ0v) is 13.5. The molecule has 6 heteroatoms. The third-order valence-electron chi connectivity index (χ3n) is 3.04. The van der Waals surface area contributed by atoms with E-state index in [-0.39, 0.29) is 19.6 Å². The van der Waals surface area contributed by atoms with Crippen molar-refractivity contribution in [3.05, 3.63) is 21.3 Å². The maximum atomic E-state index is 12.3. The highest BCUT2D eigenvalue weighted by Gasteiger charge is 2.47. The number of carbonyl (C=O) groups is 2. The highest BCUT2D eigenvalue weighted by Crippen LogP contribution is 2.34. The largest absolute Gasteiger partial charge is 0.465 e. The lowest BCUT2D eigenvalue weighted by Gasteiger charge is -2.27. The first-order valence-electron chi connectivity index (χ1n) is 6.58. The Balaban J connectivity index is 3.09. The van der Waals surface area contributed by atoms with Crippen LogP contribution in [0.3, 0.4) is 0 Å². The molecule has 1 heterocycles. The summed E-state index contributed by atoms with van der Waals surface area (Å²) in [6.45, 7) is 5.66. The number of rotatable bonds is 7. The number of esters is 2. The molecule has 20 heavy (non-hydrogen) atoms. The van der Waals surface area contributed by atoms with Gasteiger partial charge in [-0.2, -0.15) is 0 Å². The predicted octanol–water partition coefficient (Wildman–Crippen LogP) is 3.47. The molecule has 0 saturated carbocycles. The first-order chi connectivity index (χ1) is 9.50. The van der Waals surface area contributed by atoms with Crippen LogP contribution >= 0.6 is 22.9 Å². The number of thiophene rings is 1. The van der Waals surface area contributed by atoms with Crippen LogP contribution in [0.25, 0.3) is 0 Å². The molecule has 0 saturated heterocycles. The Labute approximate surface area is 128 Å². The molecule has 0 radical (unpaired) electrons. The Morgan fingerprint density at radius 2 is 1.70 bits per heavy atom. The van der Waals surface area contributed by atoms with Crippen molar-refractivity contribution in [1.82, 2.24) is 0 Å². The summed E-state index contributed by atoms with van der Waals surface area (Å²) in [7, 11) is 0. The average Bonchev–Trinajstić information content (AvgIpc) is 2.81. The van der Waals surface area contributed by atoms with E-state index in [1.165, 1.54) is 11.3 Å². The monoisotopic (exact) mass is 318 g/mol. The van der Waals surface area contributed by atoms with Crippen molar-refractivity contribution in [2.75, 3.05) is 13.2 Å². The highest BCUT2D eigenvalue weighted by atomic mass is 35.5. The van der Waals surface area contributed by atoms with Crippen molar-refractivity contribution in [2.45, 2.75) is 33.6 Å². The van der Waals surface area contributed by atoms with Gasteiger partial charge in [-0.3, -0.25) is 9.59 Å². The van der Waals surface area contributed by atoms with Gasteiger partial charge in [0.2, 0.25) is 0 Å². The molecule has 4 nitrogen and oxygen atoms in total. The number of hydrogen-bond acceptors (Lipinski definition) is 5. The van der Waals surface area contributed by atoms with E-state index >= 15 is 0 Å². The zero-order chi connectivity index (χ0) is 15.2. The van der Waals surface area contributed by atoms with Gasteiger partial charge in [0.25, 0.3) is 0 Å². The third-order valence-corrected chi connectivity index (χ3v) is 4.27. The summed E-state index contributed by atoms with van der Waals surface area (Å²) in [6.07, 6.45) is 0.568. The summed E-state index contributed by atoms with van der Waals surface area (Å²) in [5.74, 6) is -1.07. The summed E-state index contributed by atoms with van der Waals surface area (Å²) in [5, 5.41) is 0. The lowest BCUT2D eigenvalue weighted by molar-refractivity contribution is -0.172. The molecule has 0 unspecified atom stereocenters. The second-order valence-electron chi connectivity index (χ2n) is 4.26. The van der Waals surface area contributed by atoms with E-state index in [4.69, 9.17) is 21.1 Å². The molecule has 0 aromatic carbocycles. The fourth-order valence-electron chi connectivity index (χ4n) is 1.92. The van der Waals surface area contributed by atoms with Crippen LogP contribution in [0.4, 0.5) is 0 Å². The zero-order valence-electron chi connectivity index (χ0n) is 11.9. The lowest BCUT2D eigenvalue weighted by Crippen LogP contribution is -2.43. The highest BCUT2D eigenvalue weighted by molar-refractivity contribution is 7.16. The lowest BCUT2D eigenvalue weighted by atomic mass is 9.81. The molecule has 0 N–H and O–H groups in total. The van der Waals surface area contributed by atoms with Gasteiger partial charge in [-0.25, -0.2) is 0 Å². The van der Waals surface area contributed by atoms with Gasteiger partial charge in [0.1, 0.15) is 0 Å². The molecule has 1 aromatic heterocycles. The molecule has 1 rings (SSSR count). The minimum absolute atomic E-state index is 0.227. The normalized spacial score (nSPS) is 11.2. The van der Waals surface area contributed by atoms with Crippen LogP contribution in [0.5, 0.6) is 0 Å². The summed E-state index contributed by atoms with van der Waals surface area (Å²) in [6, 6.07) is 3.56. The molecule has 0 bridgehead atoms. The molecule has 0 atom stereocenters. The molecule has 1 aromatic rings. The maximum Gasteiger partial charge on any atom is 0.323 e. The Hall–Kier alpha value is -1.07. The van der Waals surface area contributed by atoms with Crippen LogP contribution in [-0.2, 0) is 25.5 Å². The predicted molar refractivity (Wildman–Crippen MR) is 79.0 cm³/mol. The number of halogens is 1. The minimum Gasteiger partial charge on any atom is -0.465 e. The fraction of sp³-hybridized carbons (Fsp3) is 0.571. The Morgan fingerprint density at radius 3 is 2.05 bits per heavy atom. The van der Waals surface area contributed by atoms with Gasteiger partial charge in [0.15, 0.2) is 5.41 Å². The standard InChI is InChI=1S/C14H19ClO4S/c1-4-14(12(16)18-5-2,13(17)19-6-3)9-10-7-8-11(15)20-10/h7-8H,4-6,9H2,1-3H3. The average molecular weight is 319 g/mol. The molecule has 0 aliphatic rings. The molecular formula is C14H19ClO4S. The Morgan fingerprint density at radius 1 is 1.15 bits per heavy atom. The van der Waals surface area contributed by atoms with Gasteiger partial charge in [0, 0.05) is 11.3 Å². The minimum atomic E-state index is -1.29. The van der Waals surface area contributed by atoms with Gasteiger partial charge in [-0.1, -0.05) is 18.5 Å². The molecule has 0 spiro atoms. The molecule has 0 aliphatic heterocycles. The van der Waals surface area contributed by atoms with E-state index < -0.39 is 17.4 Å². The third kappa shape index (κ3) is 3.73. The van der Waals surface area contributed by atoms with Crippen LogP contribution < -0.4 is 0 Å². The maximum absolute atomic E-state index is 12.3. The first kappa shape index (κ1) is 17.0. The van der Waals surface area contributed by atoms with Crippen LogP contribution in [0.1, 0.15) is 32.1 Å². The quantitative estimate of drug-likeness (QED) is 0.570. The smallest absolute Gasteiger partial charge is 0.323 e. The summed E-state index contributed by atoms with van der Waals surface area (Å²) >= 11 is 7.25. The summed E-state index contributed by atoms with van der Waals surface area (Å²) < 4.78 is 10.8. The van der Waals surface area contributed by atoms with Crippen LogP contribution in [0, 0.1) is 5.41 Å². The van der Waals surface area contributed by atoms with Crippen LogP contribution in [-0.4, -0.2) is 25.2 Å². The van der Waals surface area contributed by atoms with Gasteiger partial charge >= 0.3 is 11.9 Å². The van der Waals surface area contributed by atoms with Gasteiger partial charge in [-0.05, 0) is 32.4 Å². The van der Waals surface area contributed by atoms with Crippen molar-refractivity contribution in [1.29, 1.82) is 0 Å². The summed E-state index contributed by atoms with van der Waals surface area (Å²) in [4.78, 5) is 25.4. The topological polar surface area (TPSA) is 52.6 Å². The molecule has 0 amide bonds. The van der Waals surface area contributed by atoms with E-state index in [0.29, 0.717) is 10.8 Å². The van der Waals surface area contributed by atoms with Crippen molar-refractivity contribution in [2.24, 2.45) is 5.41 Å². The Kier molecular flexibility index (Phi) is 6.49. The van der Waals surface area contributed by atoms with E-state index in [0.717, 1.165) is 4.88 Å². The van der Waals surface area contributed by atoms with Crippen LogP contribution in [0.2, 0.25) is 4.34 Å². The van der Waals surface area contributed by atoms with Crippen molar-refractivity contribution < 1.29 is 19.1 Å². The number of carbonyl (C=O) groups excluding carboxylic acids is 2. The van der Waals surface area contributed by atoms with E-state index in [1.54, 1.807) is 26.8 Å². The van der Waals surface area contributed by atoms with Gasteiger partial charge < -0.3 is 9.47 Å². The van der Waals surface area contributed by atoms with Crippen LogP contribution in [0.15, 0.2) is 12.1 Å². The van der Waals surface area contributed by atoms with Gasteiger partial charge in [0.05, 0.1) is 17.6 Å². The molecular weight excluding hydrogens is 300 g/mol. The molecule has 0 aliphatic carbocycles. The number of ether oxygens (including phenoxy) is 2. The van der Waals surface area contributed by atoms with E-state index in [9.17, 15) is 9.59 Å². The second kappa shape index (κ2) is 7.64. The summed E-state index contributed by atoms with van der Waals surface area (Å²) in [5.41, 5.74) is -1.29. The van der Waals surface area contributed by atoms with E-state index in [2.05, 4.69) is 0 Å². The molecule has 112 valence electrons. The SMILES string of the molecule is CCOC(=O)C(CC)(Cc1ccc(Cl)s1)C(=O)OCC. The molecule has 0 fully saturated rings. The van der Waals surface area contributed by atoms with Crippen molar-refractivity contribution in [3.63, 3.8) is 0 Å². The number of hydrogen-bond donors (Lipinski definition) is 0. The fourth-order valence-corrected chi connectivity index (χ4v) is 3.13.